The van der Waals surface area contributed by atoms with Gasteiger partial charge in [0.15, 0.2) is 0 Å². The third kappa shape index (κ3) is 3.76. The van der Waals surface area contributed by atoms with Crippen molar-refractivity contribution in [3.63, 3.8) is 0 Å². The average Bonchev–Trinajstić information content (AvgIpc) is 3.01. The molecule has 25 heavy (non-hydrogen) atoms. The van der Waals surface area contributed by atoms with E-state index in [4.69, 9.17) is 0 Å². The highest BCUT2D eigenvalue weighted by molar-refractivity contribution is 7.92. The van der Waals surface area contributed by atoms with E-state index in [0.717, 1.165) is 17.8 Å². The number of hydrogen-bond acceptors (Lipinski definition) is 4. The van der Waals surface area contributed by atoms with Crippen LogP contribution < -0.4 is 14.5 Å². The fourth-order valence-corrected chi connectivity index (χ4v) is 3.83. The van der Waals surface area contributed by atoms with Gasteiger partial charge in [0.1, 0.15) is 0 Å². The number of carbonyl (C=O) groups is 1. The van der Waals surface area contributed by atoms with Crippen molar-refractivity contribution in [2.24, 2.45) is 0 Å². The lowest BCUT2D eigenvalue weighted by atomic mass is 10.3. The summed E-state index contributed by atoms with van der Waals surface area (Å²) in [5.74, 6) is 0.0784. The number of nitrogens with one attached hydrogen (secondary N) is 1. The molecule has 7 heteroatoms. The summed E-state index contributed by atoms with van der Waals surface area (Å²) in [6.07, 6.45) is 1.38. The topological polar surface area (TPSA) is 69.7 Å². The molecule has 1 N–H and O–H groups in total. The minimum absolute atomic E-state index is 0.0784. The molecule has 1 aliphatic rings. The van der Waals surface area contributed by atoms with Gasteiger partial charge in [-0.05, 0) is 55.0 Å². The highest BCUT2D eigenvalue weighted by Crippen LogP contribution is 2.24. The summed E-state index contributed by atoms with van der Waals surface area (Å²) in [7, 11) is 0.178. The van der Waals surface area contributed by atoms with Crippen LogP contribution in [0.25, 0.3) is 0 Å². The molecular formula is C18H21N3O3S. The molecule has 0 aromatic heterocycles. The first-order valence-corrected chi connectivity index (χ1v) is 9.56. The Labute approximate surface area is 148 Å². The van der Waals surface area contributed by atoms with E-state index < -0.39 is 10.0 Å². The lowest BCUT2D eigenvalue weighted by Gasteiger charge is -2.16. The van der Waals surface area contributed by atoms with E-state index in [2.05, 4.69) is 4.72 Å². The van der Waals surface area contributed by atoms with Crippen LogP contribution in [-0.4, -0.2) is 35.0 Å². The molecule has 0 bridgehead atoms. The Morgan fingerprint density at radius 2 is 1.64 bits per heavy atom. The van der Waals surface area contributed by atoms with Crippen molar-refractivity contribution >= 4 is 33.0 Å². The van der Waals surface area contributed by atoms with Gasteiger partial charge in [-0.15, -0.1) is 0 Å². The molecule has 132 valence electrons. The van der Waals surface area contributed by atoms with Crippen LogP contribution >= 0.6 is 0 Å². The van der Waals surface area contributed by atoms with Crippen molar-refractivity contribution in [2.75, 3.05) is 35.2 Å². The predicted molar refractivity (Wildman–Crippen MR) is 99.6 cm³/mol. The third-order valence-corrected chi connectivity index (χ3v) is 5.57. The summed E-state index contributed by atoms with van der Waals surface area (Å²) in [4.78, 5) is 15.6. The smallest absolute Gasteiger partial charge is 0.261 e. The number of carbonyl (C=O) groups excluding carboxylic acids is 1. The first-order chi connectivity index (χ1) is 11.9. The van der Waals surface area contributed by atoms with Crippen LogP contribution in [0.2, 0.25) is 0 Å². The Balaban J connectivity index is 1.76. The van der Waals surface area contributed by atoms with Crippen LogP contribution in [0.5, 0.6) is 0 Å². The molecule has 2 aromatic carbocycles. The molecule has 0 aliphatic carbocycles. The van der Waals surface area contributed by atoms with Gasteiger partial charge < -0.3 is 9.80 Å². The Bertz CT molecular complexity index is 859. The molecule has 1 heterocycles. The van der Waals surface area contributed by atoms with Gasteiger partial charge in [0.05, 0.1) is 4.90 Å². The number of benzene rings is 2. The summed E-state index contributed by atoms with van der Waals surface area (Å²) >= 11 is 0. The highest BCUT2D eigenvalue weighted by Gasteiger charge is 2.22. The van der Waals surface area contributed by atoms with E-state index in [1.54, 1.807) is 29.2 Å². The van der Waals surface area contributed by atoms with Crippen LogP contribution in [0, 0.1) is 0 Å². The van der Waals surface area contributed by atoms with E-state index in [1.807, 2.05) is 31.1 Å². The Morgan fingerprint density at radius 1 is 1.00 bits per heavy atom. The van der Waals surface area contributed by atoms with Gasteiger partial charge in [0, 0.05) is 44.1 Å². The Kier molecular flexibility index (Phi) is 4.67. The average molecular weight is 359 g/mol. The molecule has 6 nitrogen and oxygen atoms in total. The molecule has 1 fully saturated rings. The van der Waals surface area contributed by atoms with E-state index in [1.165, 1.54) is 12.1 Å². The SMILES string of the molecule is CN(C)c1ccc(NS(=O)(=O)c2ccc(N3CCCC3=O)cc2)cc1. The second-order valence-corrected chi connectivity index (χ2v) is 7.87. The fourth-order valence-electron chi connectivity index (χ4n) is 2.77. The monoisotopic (exact) mass is 359 g/mol. The zero-order chi connectivity index (χ0) is 18.0. The summed E-state index contributed by atoms with van der Waals surface area (Å²) in [6.45, 7) is 0.682. The maximum Gasteiger partial charge on any atom is 0.261 e. The van der Waals surface area contributed by atoms with Gasteiger partial charge in [-0.25, -0.2) is 8.42 Å². The fraction of sp³-hybridized carbons (Fsp3) is 0.278. The zero-order valence-corrected chi connectivity index (χ0v) is 15.1. The van der Waals surface area contributed by atoms with Crippen LogP contribution in [0.15, 0.2) is 53.4 Å². The van der Waals surface area contributed by atoms with Crippen molar-refractivity contribution in [2.45, 2.75) is 17.7 Å². The quantitative estimate of drug-likeness (QED) is 0.891. The number of anilines is 3. The Hall–Kier alpha value is -2.54. The van der Waals surface area contributed by atoms with Crippen LogP contribution in [-0.2, 0) is 14.8 Å². The van der Waals surface area contributed by atoms with Crippen molar-refractivity contribution in [3.05, 3.63) is 48.5 Å². The molecule has 2 aromatic rings. The Morgan fingerprint density at radius 3 is 2.16 bits per heavy atom. The number of sulfonamides is 1. The minimum Gasteiger partial charge on any atom is -0.378 e. The van der Waals surface area contributed by atoms with E-state index >= 15 is 0 Å². The number of hydrogen-bond donors (Lipinski definition) is 1. The van der Waals surface area contributed by atoms with Crippen molar-refractivity contribution in [1.82, 2.24) is 0 Å². The molecule has 1 aliphatic heterocycles. The van der Waals surface area contributed by atoms with Gasteiger partial charge in [-0.2, -0.15) is 0 Å². The summed E-state index contributed by atoms with van der Waals surface area (Å²) in [5.41, 5.74) is 2.23. The van der Waals surface area contributed by atoms with Gasteiger partial charge in [-0.3, -0.25) is 9.52 Å². The predicted octanol–water partition coefficient (Wildman–Crippen LogP) is 2.68. The summed E-state index contributed by atoms with van der Waals surface area (Å²) in [5, 5.41) is 0. The maximum atomic E-state index is 12.5. The first-order valence-electron chi connectivity index (χ1n) is 8.07. The molecular weight excluding hydrogens is 338 g/mol. The lowest BCUT2D eigenvalue weighted by molar-refractivity contribution is -0.117. The molecule has 0 saturated carbocycles. The van der Waals surface area contributed by atoms with Gasteiger partial charge in [0.2, 0.25) is 5.91 Å². The minimum atomic E-state index is -3.67. The second kappa shape index (κ2) is 6.76. The molecule has 1 amide bonds. The van der Waals surface area contributed by atoms with E-state index in [-0.39, 0.29) is 10.8 Å². The lowest BCUT2D eigenvalue weighted by Crippen LogP contribution is -2.23. The van der Waals surface area contributed by atoms with Gasteiger partial charge in [0.25, 0.3) is 10.0 Å². The second-order valence-electron chi connectivity index (χ2n) is 6.19. The standard InChI is InChI=1S/C18H21N3O3S/c1-20(2)15-7-5-14(6-8-15)19-25(23,24)17-11-9-16(10-12-17)21-13-3-4-18(21)22/h5-12,19H,3-4,13H2,1-2H3. The largest absolute Gasteiger partial charge is 0.378 e. The van der Waals surface area contributed by atoms with Crippen molar-refractivity contribution in [1.29, 1.82) is 0 Å². The molecule has 0 spiro atoms. The van der Waals surface area contributed by atoms with Gasteiger partial charge in [-0.1, -0.05) is 0 Å². The molecule has 0 radical (unpaired) electrons. The summed E-state index contributed by atoms with van der Waals surface area (Å²) < 4.78 is 27.6. The summed E-state index contributed by atoms with van der Waals surface area (Å²) in [6, 6.07) is 13.5. The molecule has 1 saturated heterocycles. The molecule has 0 unspecified atom stereocenters. The highest BCUT2D eigenvalue weighted by atomic mass is 32.2. The maximum absolute atomic E-state index is 12.5. The first kappa shape index (κ1) is 17.3. The van der Waals surface area contributed by atoms with E-state index in [0.29, 0.717) is 18.7 Å². The van der Waals surface area contributed by atoms with Crippen LogP contribution in [0.1, 0.15) is 12.8 Å². The van der Waals surface area contributed by atoms with E-state index in [9.17, 15) is 13.2 Å². The normalized spacial score (nSPS) is 14.6. The zero-order valence-electron chi connectivity index (χ0n) is 14.3. The van der Waals surface area contributed by atoms with Crippen LogP contribution in [0.3, 0.4) is 0 Å². The van der Waals surface area contributed by atoms with Crippen molar-refractivity contribution in [3.8, 4) is 0 Å². The number of amides is 1. The number of nitrogens with zero attached hydrogens (tertiary/aromatic N) is 2. The number of rotatable bonds is 5. The third-order valence-electron chi connectivity index (χ3n) is 4.17. The molecule has 3 rings (SSSR count). The van der Waals surface area contributed by atoms with Crippen LogP contribution in [0.4, 0.5) is 17.1 Å². The molecule has 0 atom stereocenters. The van der Waals surface area contributed by atoms with Gasteiger partial charge >= 0.3 is 0 Å². The van der Waals surface area contributed by atoms with Crippen molar-refractivity contribution < 1.29 is 13.2 Å².